The molecule has 5 N–H and O–H groups in total. The number of nitrogens with one attached hydrogen (secondary N) is 1. The molecule has 1 aromatic rings. The third-order valence-corrected chi connectivity index (χ3v) is 3.31. The highest BCUT2D eigenvalue weighted by molar-refractivity contribution is 7.16. The third kappa shape index (κ3) is 4.32. The number of rotatable bonds is 6. The first-order chi connectivity index (χ1) is 9.35. The second kappa shape index (κ2) is 7.01. The Morgan fingerprint density at radius 3 is 2.65 bits per heavy atom. The zero-order chi connectivity index (χ0) is 15.3. The molecule has 8 heteroatoms. The van der Waals surface area contributed by atoms with Gasteiger partial charge >= 0.3 is 5.97 Å². The van der Waals surface area contributed by atoms with Crippen LogP contribution in [-0.4, -0.2) is 30.4 Å². The quantitative estimate of drug-likeness (QED) is 0.655. The van der Waals surface area contributed by atoms with Crippen LogP contribution in [0.2, 0.25) is 0 Å². The molecule has 1 unspecified atom stereocenters. The Morgan fingerprint density at radius 2 is 2.10 bits per heavy atom. The van der Waals surface area contributed by atoms with Crippen LogP contribution in [0.4, 0.5) is 5.00 Å². The summed E-state index contributed by atoms with van der Waals surface area (Å²) in [5.41, 5.74) is 10.8. The van der Waals surface area contributed by atoms with Gasteiger partial charge in [-0.1, -0.05) is 0 Å². The van der Waals surface area contributed by atoms with Crippen molar-refractivity contribution in [2.45, 2.75) is 26.3 Å². The largest absolute Gasteiger partial charge is 0.462 e. The number of primary amides is 1. The Bertz CT molecular complexity index is 527. The molecule has 20 heavy (non-hydrogen) atoms. The topological polar surface area (TPSA) is 125 Å². The summed E-state index contributed by atoms with van der Waals surface area (Å²) in [6, 6.07) is 0.572. The van der Waals surface area contributed by atoms with Gasteiger partial charge in [0.05, 0.1) is 24.6 Å². The van der Waals surface area contributed by atoms with E-state index in [0.717, 1.165) is 4.88 Å². The Balaban J connectivity index is 2.84. The molecule has 0 aromatic carbocycles. The molecule has 1 aromatic heterocycles. The highest BCUT2D eigenvalue weighted by Crippen LogP contribution is 2.28. The predicted octanol–water partition coefficient (Wildman–Crippen LogP) is 0.374. The molecule has 0 aliphatic carbocycles. The Labute approximate surface area is 120 Å². The van der Waals surface area contributed by atoms with Crippen molar-refractivity contribution < 1.29 is 19.1 Å². The lowest BCUT2D eigenvalue weighted by Crippen LogP contribution is -2.39. The number of ether oxygens (including phenoxy) is 1. The van der Waals surface area contributed by atoms with E-state index in [1.165, 1.54) is 11.3 Å². The highest BCUT2D eigenvalue weighted by atomic mass is 32.1. The first-order valence-electron chi connectivity index (χ1n) is 5.97. The standard InChI is InChI=1S/C12H17N3O4S/c1-3-19-12(18)7-4-6(2)20-11(7)15-10(17)8(13)5-9(14)16/h4,8H,3,5,13H2,1-2H3,(H2,14,16)(H,15,17). The third-order valence-electron chi connectivity index (χ3n) is 2.35. The fraction of sp³-hybridized carbons (Fsp3) is 0.417. The molecule has 0 bridgehead atoms. The summed E-state index contributed by atoms with van der Waals surface area (Å²) >= 11 is 1.23. The minimum Gasteiger partial charge on any atom is -0.462 e. The van der Waals surface area contributed by atoms with Gasteiger partial charge in [-0.3, -0.25) is 9.59 Å². The van der Waals surface area contributed by atoms with E-state index in [2.05, 4.69) is 5.32 Å². The van der Waals surface area contributed by atoms with Crippen molar-refractivity contribution in [1.29, 1.82) is 0 Å². The maximum absolute atomic E-state index is 11.8. The van der Waals surface area contributed by atoms with E-state index in [4.69, 9.17) is 16.2 Å². The number of amides is 2. The van der Waals surface area contributed by atoms with Crippen LogP contribution in [0.5, 0.6) is 0 Å². The van der Waals surface area contributed by atoms with Gasteiger partial charge in [0.25, 0.3) is 0 Å². The molecule has 0 spiro atoms. The van der Waals surface area contributed by atoms with Gasteiger partial charge in [0.15, 0.2) is 0 Å². The molecule has 1 rings (SSSR count). The van der Waals surface area contributed by atoms with E-state index in [0.29, 0.717) is 5.00 Å². The molecule has 1 heterocycles. The van der Waals surface area contributed by atoms with Gasteiger partial charge in [0, 0.05) is 4.88 Å². The number of aryl methyl sites for hydroxylation is 1. The predicted molar refractivity (Wildman–Crippen MR) is 75.4 cm³/mol. The Morgan fingerprint density at radius 1 is 1.45 bits per heavy atom. The smallest absolute Gasteiger partial charge is 0.341 e. The van der Waals surface area contributed by atoms with Crippen LogP contribution in [0.25, 0.3) is 0 Å². The van der Waals surface area contributed by atoms with Crippen LogP contribution < -0.4 is 16.8 Å². The number of anilines is 1. The molecule has 7 nitrogen and oxygen atoms in total. The summed E-state index contributed by atoms with van der Waals surface area (Å²) in [7, 11) is 0. The molecular weight excluding hydrogens is 282 g/mol. The second-order valence-electron chi connectivity index (χ2n) is 4.09. The van der Waals surface area contributed by atoms with Gasteiger partial charge in [-0.25, -0.2) is 4.79 Å². The maximum atomic E-state index is 11.8. The number of carbonyl (C=O) groups excluding carboxylic acids is 3. The number of esters is 1. The summed E-state index contributed by atoms with van der Waals surface area (Å²) in [5.74, 6) is -1.76. The lowest BCUT2D eigenvalue weighted by Gasteiger charge is -2.10. The normalized spacial score (nSPS) is 11.8. The molecule has 110 valence electrons. The molecule has 0 saturated heterocycles. The van der Waals surface area contributed by atoms with Crippen molar-refractivity contribution in [1.82, 2.24) is 0 Å². The van der Waals surface area contributed by atoms with Crippen LogP contribution in [0.15, 0.2) is 6.07 Å². The average Bonchev–Trinajstić information content (AvgIpc) is 2.69. The second-order valence-corrected chi connectivity index (χ2v) is 5.34. The van der Waals surface area contributed by atoms with Crippen LogP contribution in [0, 0.1) is 6.92 Å². The minimum atomic E-state index is -1.05. The van der Waals surface area contributed by atoms with Crippen LogP contribution in [-0.2, 0) is 14.3 Å². The van der Waals surface area contributed by atoms with E-state index < -0.39 is 23.8 Å². The fourth-order valence-corrected chi connectivity index (χ4v) is 2.38. The number of hydrogen-bond donors (Lipinski definition) is 3. The van der Waals surface area contributed by atoms with E-state index in [1.54, 1.807) is 19.9 Å². The van der Waals surface area contributed by atoms with E-state index in [9.17, 15) is 14.4 Å². The van der Waals surface area contributed by atoms with Crippen molar-refractivity contribution in [3.05, 3.63) is 16.5 Å². The molecule has 2 amide bonds. The van der Waals surface area contributed by atoms with E-state index in [1.807, 2.05) is 0 Å². The zero-order valence-corrected chi connectivity index (χ0v) is 12.1. The number of thiophene rings is 1. The summed E-state index contributed by atoms with van der Waals surface area (Å²) in [5, 5.41) is 2.87. The lowest BCUT2D eigenvalue weighted by molar-refractivity contribution is -0.123. The number of nitrogens with two attached hydrogens (primary N) is 2. The van der Waals surface area contributed by atoms with Crippen LogP contribution >= 0.6 is 11.3 Å². The van der Waals surface area contributed by atoms with E-state index in [-0.39, 0.29) is 18.6 Å². The zero-order valence-electron chi connectivity index (χ0n) is 11.3. The molecule has 0 aliphatic rings. The number of hydrogen-bond acceptors (Lipinski definition) is 6. The maximum Gasteiger partial charge on any atom is 0.341 e. The van der Waals surface area contributed by atoms with Crippen molar-refractivity contribution in [3.63, 3.8) is 0 Å². The summed E-state index contributed by atoms with van der Waals surface area (Å²) < 4.78 is 4.90. The monoisotopic (exact) mass is 299 g/mol. The van der Waals surface area contributed by atoms with Gasteiger partial charge in [-0.05, 0) is 19.9 Å². The molecule has 0 saturated carbocycles. The number of carbonyl (C=O) groups is 3. The fourth-order valence-electron chi connectivity index (χ4n) is 1.48. The van der Waals surface area contributed by atoms with Gasteiger partial charge in [-0.15, -0.1) is 11.3 Å². The van der Waals surface area contributed by atoms with E-state index >= 15 is 0 Å². The Hall–Kier alpha value is -1.93. The molecular formula is C12H17N3O4S. The lowest BCUT2D eigenvalue weighted by atomic mass is 10.2. The van der Waals surface area contributed by atoms with Gasteiger partial charge in [-0.2, -0.15) is 0 Å². The van der Waals surface area contributed by atoms with Crippen molar-refractivity contribution >= 4 is 34.1 Å². The first-order valence-corrected chi connectivity index (χ1v) is 6.79. The van der Waals surface area contributed by atoms with Gasteiger partial charge in [0.1, 0.15) is 5.00 Å². The minimum absolute atomic E-state index is 0.238. The highest BCUT2D eigenvalue weighted by Gasteiger charge is 2.21. The van der Waals surface area contributed by atoms with Crippen molar-refractivity contribution in [3.8, 4) is 0 Å². The van der Waals surface area contributed by atoms with Crippen molar-refractivity contribution in [2.24, 2.45) is 11.5 Å². The van der Waals surface area contributed by atoms with Gasteiger partial charge < -0.3 is 21.5 Å². The average molecular weight is 299 g/mol. The molecule has 1 atom stereocenters. The summed E-state index contributed by atoms with van der Waals surface area (Å²) in [4.78, 5) is 35.1. The van der Waals surface area contributed by atoms with Crippen LogP contribution in [0.3, 0.4) is 0 Å². The first kappa shape index (κ1) is 16.1. The van der Waals surface area contributed by atoms with Crippen molar-refractivity contribution in [2.75, 3.05) is 11.9 Å². The Kier molecular flexibility index (Phi) is 5.66. The summed E-state index contributed by atoms with van der Waals surface area (Å²) in [6.45, 7) is 3.73. The molecule has 0 radical (unpaired) electrons. The SMILES string of the molecule is CCOC(=O)c1cc(C)sc1NC(=O)C(N)CC(N)=O. The molecule has 0 aliphatic heterocycles. The molecule has 0 fully saturated rings. The van der Waals surface area contributed by atoms with Crippen LogP contribution in [0.1, 0.15) is 28.6 Å². The summed E-state index contributed by atoms with van der Waals surface area (Å²) in [6.07, 6.45) is -0.259. The van der Waals surface area contributed by atoms with Gasteiger partial charge in [0.2, 0.25) is 11.8 Å².